The molecule has 0 fully saturated rings. The number of methoxy groups -OCH3 is 1. The number of carbonyl (C=O) groups is 1. The predicted octanol–water partition coefficient (Wildman–Crippen LogP) is 3.38. The van der Waals surface area contributed by atoms with E-state index >= 15 is 0 Å². The molecular formula is C20H20FN3O3. The molecule has 0 aliphatic carbocycles. The Kier molecular flexibility index (Phi) is 5.80. The van der Waals surface area contributed by atoms with E-state index in [0.717, 1.165) is 5.56 Å². The fourth-order valence-corrected chi connectivity index (χ4v) is 2.62. The van der Waals surface area contributed by atoms with Gasteiger partial charge in [0.1, 0.15) is 11.6 Å². The van der Waals surface area contributed by atoms with E-state index in [9.17, 15) is 9.18 Å². The number of benzene rings is 2. The van der Waals surface area contributed by atoms with E-state index < -0.39 is 0 Å². The molecule has 1 atom stereocenters. The van der Waals surface area contributed by atoms with Gasteiger partial charge in [-0.05, 0) is 36.2 Å². The number of hydrogen-bond donors (Lipinski definition) is 1. The number of aromatic nitrogens is 2. The normalized spacial score (nSPS) is 11.8. The van der Waals surface area contributed by atoms with Crippen LogP contribution < -0.4 is 10.1 Å². The van der Waals surface area contributed by atoms with E-state index in [1.54, 1.807) is 38.3 Å². The highest BCUT2D eigenvalue weighted by Gasteiger charge is 2.17. The number of halogens is 1. The maximum atomic E-state index is 13.7. The molecule has 0 saturated heterocycles. The van der Waals surface area contributed by atoms with Crippen molar-refractivity contribution < 1.29 is 18.3 Å². The van der Waals surface area contributed by atoms with Crippen molar-refractivity contribution in [3.8, 4) is 17.2 Å². The minimum atomic E-state index is -0.386. The average Bonchev–Trinajstić information content (AvgIpc) is 3.17. The van der Waals surface area contributed by atoms with Gasteiger partial charge in [-0.1, -0.05) is 31.2 Å². The number of hydrogen-bond acceptors (Lipinski definition) is 5. The molecule has 6 nitrogen and oxygen atoms in total. The first-order valence-electron chi connectivity index (χ1n) is 8.54. The summed E-state index contributed by atoms with van der Waals surface area (Å²) in [7, 11) is 1.58. The van der Waals surface area contributed by atoms with Crippen molar-refractivity contribution in [2.75, 3.05) is 7.11 Å². The lowest BCUT2D eigenvalue weighted by Crippen LogP contribution is -2.30. The number of ether oxygens (including phenoxy) is 1. The molecule has 140 valence electrons. The molecule has 1 N–H and O–H groups in total. The molecule has 3 aromatic rings. The summed E-state index contributed by atoms with van der Waals surface area (Å²) in [5, 5.41) is 10.7. The highest BCUT2D eigenvalue weighted by atomic mass is 19.1. The van der Waals surface area contributed by atoms with E-state index in [4.69, 9.17) is 9.15 Å². The van der Waals surface area contributed by atoms with Crippen LogP contribution in [0.4, 0.5) is 4.39 Å². The first-order valence-corrected chi connectivity index (χ1v) is 8.54. The molecule has 1 heterocycles. The molecule has 2 aromatic carbocycles. The van der Waals surface area contributed by atoms with Crippen molar-refractivity contribution in [3.63, 3.8) is 0 Å². The van der Waals surface area contributed by atoms with Gasteiger partial charge in [-0.25, -0.2) is 4.39 Å². The number of amides is 1. The van der Waals surface area contributed by atoms with Gasteiger partial charge in [0.25, 0.3) is 0 Å². The zero-order valence-corrected chi connectivity index (χ0v) is 15.1. The Labute approximate surface area is 156 Å². The molecule has 0 spiro atoms. The minimum absolute atomic E-state index is 0.109. The third-order valence-corrected chi connectivity index (χ3v) is 4.13. The molecule has 0 aliphatic rings. The van der Waals surface area contributed by atoms with Crippen LogP contribution in [0, 0.1) is 11.7 Å². The van der Waals surface area contributed by atoms with Crippen molar-refractivity contribution in [2.24, 2.45) is 5.92 Å². The van der Waals surface area contributed by atoms with Gasteiger partial charge in [0.2, 0.25) is 17.7 Å². The van der Waals surface area contributed by atoms with Crippen LogP contribution in [-0.4, -0.2) is 23.2 Å². The highest BCUT2D eigenvalue weighted by Crippen LogP contribution is 2.22. The molecule has 0 aliphatic heterocycles. The van der Waals surface area contributed by atoms with Gasteiger partial charge in [-0.15, -0.1) is 10.2 Å². The Hall–Kier alpha value is -3.22. The van der Waals surface area contributed by atoms with Gasteiger partial charge in [-0.3, -0.25) is 4.79 Å². The largest absolute Gasteiger partial charge is 0.497 e. The van der Waals surface area contributed by atoms with Gasteiger partial charge in [-0.2, -0.15) is 0 Å². The summed E-state index contributed by atoms with van der Waals surface area (Å²) in [6.45, 7) is 1.86. The summed E-state index contributed by atoms with van der Waals surface area (Å²) < 4.78 is 24.5. The van der Waals surface area contributed by atoms with Crippen molar-refractivity contribution in [2.45, 2.75) is 19.9 Å². The van der Waals surface area contributed by atoms with Gasteiger partial charge >= 0.3 is 0 Å². The van der Waals surface area contributed by atoms with Gasteiger partial charge in [0.15, 0.2) is 0 Å². The van der Waals surface area contributed by atoms with Crippen LogP contribution in [0.5, 0.6) is 5.75 Å². The molecule has 1 unspecified atom stereocenters. The second-order valence-corrected chi connectivity index (χ2v) is 6.15. The van der Waals surface area contributed by atoms with Crippen LogP contribution in [0.1, 0.15) is 18.4 Å². The zero-order chi connectivity index (χ0) is 19.2. The Bertz CT molecular complexity index is 926. The quantitative estimate of drug-likeness (QED) is 0.691. The van der Waals surface area contributed by atoms with E-state index in [2.05, 4.69) is 15.5 Å². The zero-order valence-electron chi connectivity index (χ0n) is 15.1. The maximum Gasteiger partial charge on any atom is 0.247 e. The van der Waals surface area contributed by atoms with E-state index in [1.807, 2.05) is 18.2 Å². The van der Waals surface area contributed by atoms with Crippen LogP contribution in [0.25, 0.3) is 11.5 Å². The van der Waals surface area contributed by atoms with Gasteiger partial charge in [0, 0.05) is 11.5 Å². The molecule has 27 heavy (non-hydrogen) atoms. The molecule has 1 aromatic heterocycles. The van der Waals surface area contributed by atoms with Crippen molar-refractivity contribution in [1.82, 2.24) is 15.5 Å². The summed E-state index contributed by atoms with van der Waals surface area (Å²) in [5.74, 6) is 0.415. The first kappa shape index (κ1) is 18.6. The summed E-state index contributed by atoms with van der Waals surface area (Å²) in [5.41, 5.74) is 1.24. The topological polar surface area (TPSA) is 77.3 Å². The fraction of sp³-hybridized carbons (Fsp3) is 0.250. The lowest BCUT2D eigenvalue weighted by Gasteiger charge is -2.11. The molecule has 7 heteroatoms. The van der Waals surface area contributed by atoms with Crippen LogP contribution in [0.15, 0.2) is 52.9 Å². The summed E-state index contributed by atoms with van der Waals surface area (Å²) in [6.07, 6.45) is 0.317. The van der Waals surface area contributed by atoms with Crippen LogP contribution >= 0.6 is 0 Å². The SMILES string of the molecule is COc1cccc(-c2nnc(CNC(=O)C(C)Cc3ccccc3F)o2)c1. The van der Waals surface area contributed by atoms with E-state index in [-0.39, 0.29) is 24.2 Å². The summed E-state index contributed by atoms with van der Waals surface area (Å²) in [4.78, 5) is 12.3. The Morgan fingerprint density at radius 2 is 2.04 bits per heavy atom. The third-order valence-electron chi connectivity index (χ3n) is 4.13. The predicted molar refractivity (Wildman–Crippen MR) is 97.4 cm³/mol. The Morgan fingerprint density at radius 3 is 2.81 bits per heavy atom. The smallest absolute Gasteiger partial charge is 0.247 e. The van der Waals surface area contributed by atoms with Gasteiger partial charge in [0.05, 0.1) is 13.7 Å². The Balaban J connectivity index is 1.57. The highest BCUT2D eigenvalue weighted by molar-refractivity contribution is 5.78. The molecule has 0 saturated carbocycles. The molecule has 0 radical (unpaired) electrons. The number of rotatable bonds is 7. The number of nitrogens with one attached hydrogen (secondary N) is 1. The summed E-state index contributed by atoms with van der Waals surface area (Å²) >= 11 is 0. The number of nitrogens with zero attached hydrogens (tertiary/aromatic N) is 2. The van der Waals surface area contributed by atoms with E-state index in [0.29, 0.717) is 29.5 Å². The molecule has 3 rings (SSSR count). The third kappa shape index (κ3) is 4.69. The van der Waals surface area contributed by atoms with Crippen LogP contribution in [0.2, 0.25) is 0 Å². The molecular weight excluding hydrogens is 349 g/mol. The van der Waals surface area contributed by atoms with Crippen LogP contribution in [0.3, 0.4) is 0 Å². The van der Waals surface area contributed by atoms with E-state index in [1.165, 1.54) is 6.07 Å². The monoisotopic (exact) mass is 369 g/mol. The standard InChI is InChI=1S/C20H20FN3O3/c1-13(10-14-6-3-4-9-17(14)21)19(25)22-12-18-23-24-20(27-18)15-7-5-8-16(11-15)26-2/h3-9,11,13H,10,12H2,1-2H3,(H,22,25). The second-order valence-electron chi connectivity index (χ2n) is 6.15. The van der Waals surface area contributed by atoms with Gasteiger partial charge < -0.3 is 14.5 Å². The molecule has 1 amide bonds. The lowest BCUT2D eigenvalue weighted by atomic mass is 10.00. The lowest BCUT2D eigenvalue weighted by molar-refractivity contribution is -0.124. The van der Waals surface area contributed by atoms with Crippen LogP contribution in [-0.2, 0) is 17.8 Å². The van der Waals surface area contributed by atoms with Crippen molar-refractivity contribution in [1.29, 1.82) is 0 Å². The molecule has 0 bridgehead atoms. The Morgan fingerprint density at radius 1 is 1.22 bits per heavy atom. The summed E-state index contributed by atoms with van der Waals surface area (Å²) in [6, 6.07) is 13.7. The first-order chi connectivity index (χ1) is 13.1. The van der Waals surface area contributed by atoms with Crippen molar-refractivity contribution >= 4 is 5.91 Å². The number of carbonyl (C=O) groups excluding carboxylic acids is 1. The fourth-order valence-electron chi connectivity index (χ4n) is 2.62. The maximum absolute atomic E-state index is 13.7. The minimum Gasteiger partial charge on any atom is -0.497 e. The second kappa shape index (κ2) is 8.44. The van der Waals surface area contributed by atoms with Crippen molar-refractivity contribution in [3.05, 3.63) is 65.8 Å². The average molecular weight is 369 g/mol.